The molecule has 0 atom stereocenters. The van der Waals surface area contributed by atoms with Crippen LogP contribution in [0.2, 0.25) is 0 Å². The number of hydrogen-bond donors (Lipinski definition) is 1. The maximum absolute atomic E-state index is 9.88. The molecule has 5 heteroatoms. The van der Waals surface area contributed by atoms with Crippen LogP contribution in [0.4, 0.5) is 0 Å². The highest BCUT2D eigenvalue weighted by atomic mass is 15.0. The first kappa shape index (κ1) is 19.4. The molecule has 5 nitrogen and oxygen atoms in total. The maximum Gasteiger partial charge on any atom is 0.149 e. The number of aryl methyl sites for hydroxylation is 1. The van der Waals surface area contributed by atoms with Crippen LogP contribution in [0.5, 0.6) is 0 Å². The zero-order valence-electron chi connectivity index (χ0n) is 17.5. The van der Waals surface area contributed by atoms with Crippen molar-refractivity contribution in [1.29, 1.82) is 10.5 Å². The molecule has 0 fully saturated rings. The first-order valence-electron chi connectivity index (χ1n) is 10.3. The number of H-pyrrole nitrogens is 1. The van der Waals surface area contributed by atoms with Crippen LogP contribution in [0.1, 0.15) is 28.1 Å². The topological polar surface area (TPSA) is 81.2 Å². The van der Waals surface area contributed by atoms with Crippen molar-refractivity contribution in [1.82, 2.24) is 14.5 Å². The van der Waals surface area contributed by atoms with Crippen LogP contribution < -0.4 is 0 Å². The first-order chi connectivity index (χ1) is 15.7. The molecule has 0 bridgehead atoms. The maximum atomic E-state index is 9.88. The SMILES string of the molecule is Cc1ccc2nc(/C(C#N)=C/c3cn(Cc4ccccc4C#N)c4ccccc34)[nH]c2c1. The smallest absolute Gasteiger partial charge is 0.149 e. The van der Waals surface area contributed by atoms with Crippen molar-refractivity contribution in [3.05, 3.63) is 101 Å². The number of benzene rings is 3. The molecule has 0 saturated heterocycles. The molecule has 0 radical (unpaired) electrons. The van der Waals surface area contributed by atoms with E-state index in [1.165, 1.54) is 0 Å². The fourth-order valence-electron chi connectivity index (χ4n) is 4.03. The van der Waals surface area contributed by atoms with Crippen molar-refractivity contribution in [3.63, 3.8) is 0 Å². The average molecular weight is 413 g/mol. The normalized spacial score (nSPS) is 11.5. The molecule has 32 heavy (non-hydrogen) atoms. The van der Waals surface area contributed by atoms with Crippen LogP contribution in [0.15, 0.2) is 72.9 Å². The molecule has 0 aliphatic carbocycles. The Hall–Kier alpha value is -4.61. The van der Waals surface area contributed by atoms with Crippen LogP contribution in [0.25, 0.3) is 33.6 Å². The van der Waals surface area contributed by atoms with Crippen molar-refractivity contribution in [2.75, 3.05) is 0 Å². The van der Waals surface area contributed by atoms with E-state index in [4.69, 9.17) is 0 Å². The van der Waals surface area contributed by atoms with Gasteiger partial charge in [-0.05, 0) is 48.4 Å². The number of aromatic amines is 1. The summed E-state index contributed by atoms with van der Waals surface area (Å²) in [5.74, 6) is 0.555. The van der Waals surface area contributed by atoms with Crippen LogP contribution in [0, 0.1) is 29.6 Å². The van der Waals surface area contributed by atoms with Gasteiger partial charge in [0.25, 0.3) is 0 Å². The van der Waals surface area contributed by atoms with Crippen LogP contribution in [-0.2, 0) is 6.54 Å². The fraction of sp³-hybridized carbons (Fsp3) is 0.0741. The summed E-state index contributed by atoms with van der Waals surface area (Å²) in [6.07, 6.45) is 3.91. The summed E-state index contributed by atoms with van der Waals surface area (Å²) in [5, 5.41) is 20.4. The van der Waals surface area contributed by atoms with Gasteiger partial charge >= 0.3 is 0 Å². The quantitative estimate of drug-likeness (QED) is 0.378. The Morgan fingerprint density at radius 1 is 1.06 bits per heavy atom. The van der Waals surface area contributed by atoms with Crippen molar-refractivity contribution >= 4 is 33.6 Å². The molecule has 1 N–H and O–H groups in total. The lowest BCUT2D eigenvalue weighted by Gasteiger charge is -2.07. The minimum atomic E-state index is 0.471. The molecule has 0 aliphatic rings. The van der Waals surface area contributed by atoms with E-state index in [1.54, 1.807) is 0 Å². The molecule has 2 heterocycles. The first-order valence-corrected chi connectivity index (χ1v) is 10.3. The molecule has 0 amide bonds. The minimum Gasteiger partial charge on any atom is -0.342 e. The fourth-order valence-corrected chi connectivity index (χ4v) is 4.03. The summed E-state index contributed by atoms with van der Waals surface area (Å²) < 4.78 is 2.12. The van der Waals surface area contributed by atoms with Gasteiger partial charge in [-0.3, -0.25) is 0 Å². The standard InChI is InChI=1S/C27H19N5/c1-18-10-11-24-25(12-18)31-27(30-24)21(15-29)13-22-17-32(26-9-5-4-8-23(22)26)16-20-7-3-2-6-19(20)14-28/h2-13,17H,16H2,1H3,(H,30,31)/b21-13+. The Balaban J connectivity index is 1.61. The van der Waals surface area contributed by atoms with Crippen molar-refractivity contribution in [3.8, 4) is 12.1 Å². The molecule has 0 unspecified atom stereocenters. The summed E-state index contributed by atoms with van der Waals surface area (Å²) >= 11 is 0. The second-order valence-electron chi connectivity index (χ2n) is 7.77. The number of imidazole rings is 1. The Morgan fingerprint density at radius 2 is 1.88 bits per heavy atom. The summed E-state index contributed by atoms with van der Waals surface area (Å²) in [7, 11) is 0. The number of nitriles is 2. The molecular weight excluding hydrogens is 394 g/mol. The highest BCUT2D eigenvalue weighted by Crippen LogP contribution is 2.27. The predicted octanol–water partition coefficient (Wildman–Crippen LogP) is 5.81. The van der Waals surface area contributed by atoms with Crippen LogP contribution in [-0.4, -0.2) is 14.5 Å². The van der Waals surface area contributed by atoms with E-state index in [-0.39, 0.29) is 0 Å². The number of para-hydroxylation sites is 1. The van der Waals surface area contributed by atoms with Crippen LogP contribution in [0.3, 0.4) is 0 Å². The molecule has 0 aliphatic heterocycles. The molecule has 0 saturated carbocycles. The Kier molecular flexibility index (Phi) is 4.78. The third-order valence-corrected chi connectivity index (χ3v) is 5.61. The molecule has 5 rings (SSSR count). The number of allylic oxidation sites excluding steroid dienone is 1. The highest BCUT2D eigenvalue weighted by Gasteiger charge is 2.13. The summed E-state index contributed by atoms with van der Waals surface area (Å²) in [6, 6.07) is 26.3. The van der Waals surface area contributed by atoms with Crippen LogP contribution >= 0.6 is 0 Å². The molecule has 0 spiro atoms. The largest absolute Gasteiger partial charge is 0.342 e. The lowest BCUT2D eigenvalue weighted by atomic mass is 10.1. The summed E-state index contributed by atoms with van der Waals surface area (Å²) in [6.45, 7) is 2.60. The van der Waals surface area contributed by atoms with Gasteiger partial charge in [0.2, 0.25) is 0 Å². The Bertz CT molecular complexity index is 1580. The molecule has 2 aromatic heterocycles. The van der Waals surface area contributed by atoms with E-state index in [2.05, 4.69) is 32.7 Å². The van der Waals surface area contributed by atoms with E-state index >= 15 is 0 Å². The number of hydrogen-bond acceptors (Lipinski definition) is 3. The Morgan fingerprint density at radius 3 is 2.72 bits per heavy atom. The lowest BCUT2D eigenvalue weighted by Crippen LogP contribution is -2.00. The molecule has 5 aromatic rings. The van der Waals surface area contributed by atoms with Crippen molar-refractivity contribution in [2.45, 2.75) is 13.5 Å². The van der Waals surface area contributed by atoms with E-state index in [0.29, 0.717) is 23.5 Å². The summed E-state index contributed by atoms with van der Waals surface area (Å²) in [5.41, 5.74) is 6.96. The number of aromatic nitrogens is 3. The second kappa shape index (κ2) is 7.91. The van der Waals surface area contributed by atoms with Gasteiger partial charge in [-0.2, -0.15) is 10.5 Å². The van der Waals surface area contributed by atoms with Gasteiger partial charge < -0.3 is 9.55 Å². The lowest BCUT2D eigenvalue weighted by molar-refractivity contribution is 0.833. The number of nitrogens with one attached hydrogen (secondary N) is 1. The van der Waals surface area contributed by atoms with Gasteiger partial charge in [0, 0.05) is 29.2 Å². The zero-order valence-corrected chi connectivity index (χ0v) is 17.5. The van der Waals surface area contributed by atoms with Crippen molar-refractivity contribution in [2.24, 2.45) is 0 Å². The summed E-state index contributed by atoms with van der Waals surface area (Å²) in [4.78, 5) is 7.88. The van der Waals surface area contributed by atoms with E-state index < -0.39 is 0 Å². The van der Waals surface area contributed by atoms with Gasteiger partial charge in [-0.1, -0.05) is 42.5 Å². The van der Waals surface area contributed by atoms with Gasteiger partial charge in [0.1, 0.15) is 11.9 Å². The van der Waals surface area contributed by atoms with E-state index in [9.17, 15) is 10.5 Å². The number of rotatable bonds is 4. The van der Waals surface area contributed by atoms with Gasteiger partial charge in [-0.25, -0.2) is 4.98 Å². The molecular formula is C27H19N5. The van der Waals surface area contributed by atoms with Gasteiger partial charge in [0.15, 0.2) is 0 Å². The number of fused-ring (bicyclic) bond motifs is 2. The second-order valence-corrected chi connectivity index (χ2v) is 7.77. The Labute approximate surface area is 185 Å². The highest BCUT2D eigenvalue weighted by molar-refractivity contribution is 5.98. The van der Waals surface area contributed by atoms with Gasteiger partial charge in [-0.15, -0.1) is 0 Å². The third kappa shape index (κ3) is 3.43. The minimum absolute atomic E-state index is 0.471. The zero-order chi connectivity index (χ0) is 22.1. The van der Waals surface area contributed by atoms with E-state index in [0.717, 1.165) is 38.6 Å². The number of nitrogens with zero attached hydrogens (tertiary/aromatic N) is 4. The van der Waals surface area contributed by atoms with E-state index in [1.807, 2.05) is 79.9 Å². The monoisotopic (exact) mass is 413 g/mol. The van der Waals surface area contributed by atoms with Gasteiger partial charge in [0.05, 0.1) is 28.2 Å². The average Bonchev–Trinajstić information content (AvgIpc) is 3.39. The molecule has 3 aromatic carbocycles. The van der Waals surface area contributed by atoms with Crippen molar-refractivity contribution < 1.29 is 0 Å². The third-order valence-electron chi connectivity index (χ3n) is 5.61. The predicted molar refractivity (Wildman–Crippen MR) is 127 cm³/mol. The molecule has 152 valence electrons.